The molecular formula is C16H24IN3. The smallest absolute Gasteiger partial charge is 0.191 e. The molecule has 20 heavy (non-hydrogen) atoms. The summed E-state index contributed by atoms with van der Waals surface area (Å²) in [6.07, 6.45) is 7.65. The number of halogens is 1. The summed E-state index contributed by atoms with van der Waals surface area (Å²) in [5, 5.41) is 6.82. The third-order valence-corrected chi connectivity index (χ3v) is 3.36. The topological polar surface area (TPSA) is 36.4 Å². The van der Waals surface area contributed by atoms with Crippen LogP contribution in [0.5, 0.6) is 0 Å². The quantitative estimate of drug-likeness (QED) is 0.362. The van der Waals surface area contributed by atoms with Crippen molar-refractivity contribution in [3.63, 3.8) is 0 Å². The minimum Gasteiger partial charge on any atom is -0.356 e. The van der Waals surface area contributed by atoms with Crippen LogP contribution in [0, 0.1) is 6.92 Å². The Morgan fingerprint density at radius 1 is 1.30 bits per heavy atom. The van der Waals surface area contributed by atoms with Gasteiger partial charge in [0, 0.05) is 19.6 Å². The zero-order valence-corrected chi connectivity index (χ0v) is 14.6. The van der Waals surface area contributed by atoms with Gasteiger partial charge in [0.1, 0.15) is 0 Å². The monoisotopic (exact) mass is 385 g/mol. The molecule has 4 heteroatoms. The van der Waals surface area contributed by atoms with Gasteiger partial charge in [-0.15, -0.1) is 24.0 Å². The minimum absolute atomic E-state index is 0. The molecule has 1 aliphatic rings. The number of hydrogen-bond acceptors (Lipinski definition) is 1. The Bertz CT molecular complexity index is 461. The minimum atomic E-state index is 0. The average molecular weight is 385 g/mol. The Balaban J connectivity index is 0.00000200. The number of rotatable bonds is 4. The van der Waals surface area contributed by atoms with Crippen molar-refractivity contribution in [1.29, 1.82) is 0 Å². The Kier molecular flexibility index (Phi) is 7.65. The molecule has 0 amide bonds. The molecule has 0 saturated carbocycles. The van der Waals surface area contributed by atoms with E-state index in [9.17, 15) is 0 Å². The molecule has 0 aromatic heterocycles. The largest absolute Gasteiger partial charge is 0.356 e. The van der Waals surface area contributed by atoms with Crippen molar-refractivity contribution in [1.82, 2.24) is 10.6 Å². The standard InChI is InChI=1S/C16H23N3.HI/c1-13-6-5-7-14(12-13)10-11-18-16(17-2)19-15-8-3-4-9-15;/h3-7,12,15H,8-11H2,1-2H3,(H2,17,18,19);1H. The van der Waals surface area contributed by atoms with E-state index in [-0.39, 0.29) is 24.0 Å². The highest BCUT2D eigenvalue weighted by Crippen LogP contribution is 2.08. The first-order valence-electron chi connectivity index (χ1n) is 6.95. The van der Waals surface area contributed by atoms with Crippen LogP contribution in [-0.4, -0.2) is 25.6 Å². The molecule has 110 valence electrons. The zero-order valence-electron chi connectivity index (χ0n) is 12.2. The fourth-order valence-electron chi connectivity index (χ4n) is 2.32. The van der Waals surface area contributed by atoms with Gasteiger partial charge in [-0.2, -0.15) is 0 Å². The van der Waals surface area contributed by atoms with E-state index < -0.39 is 0 Å². The highest BCUT2D eigenvalue weighted by Gasteiger charge is 2.11. The first kappa shape index (κ1) is 17.0. The molecule has 0 unspecified atom stereocenters. The molecule has 3 nitrogen and oxygen atoms in total. The molecule has 0 heterocycles. The predicted octanol–water partition coefficient (Wildman–Crippen LogP) is 3.04. The fourth-order valence-corrected chi connectivity index (χ4v) is 2.32. The number of aryl methyl sites for hydroxylation is 1. The molecule has 0 saturated heterocycles. The van der Waals surface area contributed by atoms with Crippen LogP contribution in [0.3, 0.4) is 0 Å². The lowest BCUT2D eigenvalue weighted by Crippen LogP contribution is -2.43. The van der Waals surface area contributed by atoms with E-state index in [0.717, 1.165) is 31.8 Å². The van der Waals surface area contributed by atoms with E-state index >= 15 is 0 Å². The molecule has 2 N–H and O–H groups in total. The Morgan fingerprint density at radius 2 is 2.05 bits per heavy atom. The lowest BCUT2D eigenvalue weighted by Gasteiger charge is -2.16. The van der Waals surface area contributed by atoms with Crippen molar-refractivity contribution >= 4 is 29.9 Å². The summed E-state index contributed by atoms with van der Waals surface area (Å²) in [7, 11) is 1.82. The van der Waals surface area contributed by atoms with Crippen molar-refractivity contribution in [3.05, 3.63) is 47.5 Å². The highest BCUT2D eigenvalue weighted by atomic mass is 127. The van der Waals surface area contributed by atoms with Crippen molar-refractivity contribution in [3.8, 4) is 0 Å². The molecule has 1 aliphatic carbocycles. The van der Waals surface area contributed by atoms with Crippen molar-refractivity contribution in [2.75, 3.05) is 13.6 Å². The van der Waals surface area contributed by atoms with Crippen LogP contribution in [0.25, 0.3) is 0 Å². The van der Waals surface area contributed by atoms with Gasteiger partial charge in [0.15, 0.2) is 5.96 Å². The number of guanidine groups is 1. The van der Waals surface area contributed by atoms with Crippen LogP contribution in [0.2, 0.25) is 0 Å². The zero-order chi connectivity index (χ0) is 13.5. The second kappa shape index (κ2) is 9.00. The van der Waals surface area contributed by atoms with Crippen LogP contribution in [0.1, 0.15) is 24.0 Å². The molecule has 0 atom stereocenters. The average Bonchev–Trinajstić information content (AvgIpc) is 2.90. The van der Waals surface area contributed by atoms with Gasteiger partial charge in [-0.25, -0.2) is 0 Å². The van der Waals surface area contributed by atoms with Crippen LogP contribution < -0.4 is 10.6 Å². The maximum atomic E-state index is 4.27. The molecule has 1 aromatic carbocycles. The van der Waals surface area contributed by atoms with Gasteiger partial charge in [0.25, 0.3) is 0 Å². The summed E-state index contributed by atoms with van der Waals surface area (Å²) >= 11 is 0. The predicted molar refractivity (Wildman–Crippen MR) is 97.0 cm³/mol. The SMILES string of the molecule is CN=C(NCCc1cccc(C)c1)NC1CC=CC1.I. The van der Waals surface area contributed by atoms with Gasteiger partial charge in [-0.1, -0.05) is 42.0 Å². The van der Waals surface area contributed by atoms with Gasteiger partial charge in [0.2, 0.25) is 0 Å². The molecule has 0 fully saturated rings. The van der Waals surface area contributed by atoms with E-state index in [1.54, 1.807) is 0 Å². The summed E-state index contributed by atoms with van der Waals surface area (Å²) in [5.41, 5.74) is 2.68. The Morgan fingerprint density at radius 3 is 2.70 bits per heavy atom. The van der Waals surface area contributed by atoms with E-state index in [1.807, 2.05) is 7.05 Å². The fraction of sp³-hybridized carbons (Fsp3) is 0.438. The van der Waals surface area contributed by atoms with Gasteiger partial charge in [0.05, 0.1) is 0 Å². The van der Waals surface area contributed by atoms with Crippen molar-refractivity contribution in [2.45, 2.75) is 32.2 Å². The summed E-state index contributed by atoms with van der Waals surface area (Å²) < 4.78 is 0. The first-order valence-corrected chi connectivity index (χ1v) is 6.95. The summed E-state index contributed by atoms with van der Waals surface area (Å²) in [6.45, 7) is 3.04. The number of aliphatic imine (C=N–C) groups is 1. The Labute approximate surface area is 139 Å². The lowest BCUT2D eigenvalue weighted by atomic mass is 10.1. The molecule has 1 aromatic rings. The molecule has 0 aliphatic heterocycles. The second-order valence-electron chi connectivity index (χ2n) is 5.02. The molecule has 2 rings (SSSR count). The Hall–Kier alpha value is -1.04. The third kappa shape index (κ3) is 5.53. The molecule has 0 bridgehead atoms. The molecule has 0 radical (unpaired) electrons. The van der Waals surface area contributed by atoms with E-state index in [1.165, 1.54) is 11.1 Å². The third-order valence-electron chi connectivity index (χ3n) is 3.36. The highest BCUT2D eigenvalue weighted by molar-refractivity contribution is 14.0. The maximum absolute atomic E-state index is 4.27. The number of benzene rings is 1. The summed E-state index contributed by atoms with van der Waals surface area (Å²) in [6, 6.07) is 9.15. The van der Waals surface area contributed by atoms with Gasteiger partial charge in [-0.05, 0) is 31.7 Å². The van der Waals surface area contributed by atoms with E-state index in [0.29, 0.717) is 6.04 Å². The normalized spacial score (nSPS) is 15.0. The van der Waals surface area contributed by atoms with Gasteiger partial charge >= 0.3 is 0 Å². The summed E-state index contributed by atoms with van der Waals surface area (Å²) in [4.78, 5) is 4.27. The maximum Gasteiger partial charge on any atom is 0.191 e. The van der Waals surface area contributed by atoms with E-state index in [4.69, 9.17) is 0 Å². The van der Waals surface area contributed by atoms with E-state index in [2.05, 4.69) is 59.0 Å². The number of nitrogens with one attached hydrogen (secondary N) is 2. The van der Waals surface area contributed by atoms with Crippen molar-refractivity contribution in [2.24, 2.45) is 4.99 Å². The second-order valence-corrected chi connectivity index (χ2v) is 5.02. The van der Waals surface area contributed by atoms with Crippen LogP contribution in [0.4, 0.5) is 0 Å². The van der Waals surface area contributed by atoms with Crippen LogP contribution in [0.15, 0.2) is 41.4 Å². The molecule has 0 spiro atoms. The number of hydrogen-bond donors (Lipinski definition) is 2. The molecular weight excluding hydrogens is 361 g/mol. The van der Waals surface area contributed by atoms with Gasteiger partial charge < -0.3 is 10.6 Å². The van der Waals surface area contributed by atoms with Crippen LogP contribution in [-0.2, 0) is 6.42 Å². The number of nitrogens with zero attached hydrogens (tertiary/aromatic N) is 1. The first-order chi connectivity index (χ1) is 9.28. The van der Waals surface area contributed by atoms with Crippen molar-refractivity contribution < 1.29 is 0 Å². The summed E-state index contributed by atoms with van der Waals surface area (Å²) in [5.74, 6) is 0.904. The lowest BCUT2D eigenvalue weighted by molar-refractivity contribution is 0.633. The van der Waals surface area contributed by atoms with Crippen LogP contribution >= 0.6 is 24.0 Å². The van der Waals surface area contributed by atoms with Gasteiger partial charge in [-0.3, -0.25) is 4.99 Å².